The van der Waals surface area contributed by atoms with Crippen LogP contribution in [0, 0.1) is 34.5 Å². The zero-order valence-electron chi connectivity index (χ0n) is 21.9. The summed E-state index contributed by atoms with van der Waals surface area (Å²) in [5.74, 6) is -1.58. The monoisotopic (exact) mass is 496 g/mol. The number of carboxylic acid groups (broad SMARTS) is 2. The Kier molecular flexibility index (Phi) is 10.3. The summed E-state index contributed by atoms with van der Waals surface area (Å²) in [5, 5.41) is 29.0. The maximum Gasteiger partial charge on any atom is 0.414 e. The van der Waals surface area contributed by atoms with Crippen molar-refractivity contribution in [3.8, 4) is 0 Å². The minimum Gasteiger partial charge on any atom is -0.473 e. The first-order valence-electron chi connectivity index (χ1n) is 12.8. The number of oxime groups is 1. The number of ketones is 1. The molecule has 35 heavy (non-hydrogen) atoms. The van der Waals surface area contributed by atoms with Gasteiger partial charge in [0.1, 0.15) is 12.4 Å². The number of fused-ring (bicyclic) bond motifs is 3. The van der Waals surface area contributed by atoms with Gasteiger partial charge in [0, 0.05) is 24.1 Å². The van der Waals surface area contributed by atoms with Crippen LogP contribution in [0.25, 0.3) is 0 Å². The second-order valence-corrected chi connectivity index (χ2v) is 11.4. The van der Waals surface area contributed by atoms with Crippen LogP contribution in [0.1, 0.15) is 72.1 Å². The summed E-state index contributed by atoms with van der Waals surface area (Å²) in [6.07, 6.45) is 9.68. The highest BCUT2D eigenvalue weighted by Crippen LogP contribution is 2.61. The fraction of sp³-hybridized carbons (Fsp3) is 0.846. The molecule has 0 aromatic heterocycles. The summed E-state index contributed by atoms with van der Waals surface area (Å²) in [7, 11) is 4.03. The first-order chi connectivity index (χ1) is 16.3. The molecule has 9 heteroatoms. The summed E-state index contributed by atoms with van der Waals surface area (Å²) in [6.45, 7) is 8.25. The number of Topliss-reactive ketones (excluding diaryl/α,β-unsaturated/α-hetero) is 1. The van der Waals surface area contributed by atoms with Gasteiger partial charge in [0.25, 0.3) is 0 Å². The van der Waals surface area contributed by atoms with Gasteiger partial charge in [0.05, 0.1) is 6.10 Å². The fourth-order valence-electron chi connectivity index (χ4n) is 6.50. The number of carbonyl (C=O) groups is 3. The van der Waals surface area contributed by atoms with Gasteiger partial charge in [0.15, 0.2) is 0 Å². The Morgan fingerprint density at radius 3 is 2.40 bits per heavy atom. The van der Waals surface area contributed by atoms with E-state index in [1.54, 1.807) is 0 Å². The van der Waals surface area contributed by atoms with Crippen molar-refractivity contribution in [1.29, 1.82) is 0 Å². The van der Waals surface area contributed by atoms with Crippen LogP contribution in [0.4, 0.5) is 0 Å². The number of hydrogen-bond acceptors (Lipinski definition) is 7. The number of aliphatic carboxylic acids is 2. The molecule has 0 radical (unpaired) electrons. The Bertz CT molecular complexity index is 774. The molecule has 9 nitrogen and oxygen atoms in total. The standard InChI is InChI=1S/C24H42N2O3.C2H2O4/c1-17(10-13-25-29-15-14-26(4)5)23(2)12-9-21-20(22(23)28)7-6-18-16-19(27)8-11-24(18,21)3;3-1(4)2(5)6/h13,17-21,27H,6-12,14-16H2,1-5H3;(H,3,4)(H,5,6)/b25-13+;/t17-,18+,19-,20+,21-,23+,24-;/m0./s1. The molecule has 0 heterocycles. The molecule has 0 unspecified atom stereocenters. The number of rotatable bonds is 7. The fourth-order valence-corrected chi connectivity index (χ4v) is 6.50. The van der Waals surface area contributed by atoms with E-state index in [4.69, 9.17) is 24.6 Å². The van der Waals surface area contributed by atoms with Crippen molar-refractivity contribution in [2.24, 2.45) is 39.7 Å². The maximum absolute atomic E-state index is 13.7. The molecule has 0 aromatic rings. The van der Waals surface area contributed by atoms with Gasteiger partial charge in [-0.05, 0) is 88.6 Å². The summed E-state index contributed by atoms with van der Waals surface area (Å²) in [4.78, 5) is 39.3. The Morgan fingerprint density at radius 2 is 1.80 bits per heavy atom. The SMILES string of the molecule is C[C@@H](C/C=N/OCCN(C)C)[C@@]1(C)CC[C@H]2[C@@H](CC[C@@H]3C[C@@H](O)CC[C@@]32C)C1=O.O=C(O)C(=O)O. The van der Waals surface area contributed by atoms with Gasteiger partial charge < -0.3 is 25.1 Å². The number of hydrogen-bond donors (Lipinski definition) is 3. The molecule has 3 saturated carbocycles. The van der Waals surface area contributed by atoms with E-state index in [0.717, 1.165) is 57.9 Å². The van der Waals surface area contributed by atoms with E-state index in [9.17, 15) is 9.90 Å². The van der Waals surface area contributed by atoms with Crippen molar-refractivity contribution in [1.82, 2.24) is 4.90 Å². The van der Waals surface area contributed by atoms with E-state index in [-0.39, 0.29) is 28.8 Å². The Morgan fingerprint density at radius 1 is 1.14 bits per heavy atom. The molecule has 3 aliphatic rings. The van der Waals surface area contributed by atoms with Crippen LogP contribution in [0.5, 0.6) is 0 Å². The summed E-state index contributed by atoms with van der Waals surface area (Å²) in [5.41, 5.74) is -0.0156. The minimum absolute atomic E-state index is 0.131. The van der Waals surface area contributed by atoms with Crippen molar-refractivity contribution in [3.05, 3.63) is 0 Å². The molecule has 3 N–H and O–H groups in total. The molecule has 200 valence electrons. The van der Waals surface area contributed by atoms with Crippen molar-refractivity contribution < 1.29 is 34.5 Å². The molecule has 3 rings (SSSR count). The van der Waals surface area contributed by atoms with Gasteiger partial charge in [0.2, 0.25) is 0 Å². The number of carbonyl (C=O) groups excluding carboxylic acids is 1. The van der Waals surface area contributed by atoms with Crippen molar-refractivity contribution in [2.75, 3.05) is 27.2 Å². The lowest BCUT2D eigenvalue weighted by Gasteiger charge is -2.58. The van der Waals surface area contributed by atoms with Gasteiger partial charge in [-0.2, -0.15) is 0 Å². The smallest absolute Gasteiger partial charge is 0.414 e. The van der Waals surface area contributed by atoms with Crippen molar-refractivity contribution >= 4 is 23.9 Å². The van der Waals surface area contributed by atoms with Crippen molar-refractivity contribution in [2.45, 2.75) is 78.2 Å². The molecule has 3 fully saturated rings. The third kappa shape index (κ3) is 7.03. The Hall–Kier alpha value is -2.00. The second-order valence-electron chi connectivity index (χ2n) is 11.4. The molecule has 0 amide bonds. The molecule has 0 aliphatic heterocycles. The Balaban J connectivity index is 0.000000641. The average molecular weight is 497 g/mol. The minimum atomic E-state index is -1.82. The highest BCUT2D eigenvalue weighted by Gasteiger charge is 2.57. The topological polar surface area (TPSA) is 137 Å². The Labute approximate surface area is 208 Å². The lowest BCUT2D eigenvalue weighted by atomic mass is 9.46. The first kappa shape index (κ1) is 29.2. The molecule has 3 aliphatic carbocycles. The lowest BCUT2D eigenvalue weighted by molar-refractivity contribution is -0.159. The van der Waals surface area contributed by atoms with Crippen LogP contribution in [-0.4, -0.2) is 77.5 Å². The molecule has 0 spiro atoms. The van der Waals surface area contributed by atoms with Crippen LogP contribution in [-0.2, 0) is 19.2 Å². The van der Waals surface area contributed by atoms with Gasteiger partial charge in [-0.25, -0.2) is 9.59 Å². The van der Waals surface area contributed by atoms with E-state index in [2.05, 4.69) is 30.8 Å². The van der Waals surface area contributed by atoms with Crippen LogP contribution in [0.15, 0.2) is 5.16 Å². The summed E-state index contributed by atoms with van der Waals surface area (Å²) in [6, 6.07) is 0. The van der Waals surface area contributed by atoms with Crippen LogP contribution in [0.2, 0.25) is 0 Å². The number of aliphatic hydroxyl groups excluding tert-OH is 1. The second kappa shape index (κ2) is 12.3. The normalized spacial score (nSPS) is 35.5. The number of carboxylic acids is 2. The lowest BCUT2D eigenvalue weighted by Crippen LogP contribution is -2.55. The highest BCUT2D eigenvalue weighted by atomic mass is 16.6. The molecular formula is C26H44N2O7. The molecule has 7 atom stereocenters. The zero-order valence-corrected chi connectivity index (χ0v) is 21.9. The molecule has 0 bridgehead atoms. The van der Waals surface area contributed by atoms with E-state index in [1.807, 2.05) is 20.3 Å². The predicted molar refractivity (Wildman–Crippen MR) is 132 cm³/mol. The van der Waals surface area contributed by atoms with Gasteiger partial charge >= 0.3 is 11.9 Å². The summed E-state index contributed by atoms with van der Waals surface area (Å²) < 4.78 is 0. The van der Waals surface area contributed by atoms with Crippen LogP contribution in [0.3, 0.4) is 0 Å². The molecule has 0 saturated heterocycles. The van der Waals surface area contributed by atoms with Crippen molar-refractivity contribution in [3.63, 3.8) is 0 Å². The molecular weight excluding hydrogens is 452 g/mol. The van der Waals surface area contributed by atoms with Crippen LogP contribution >= 0.6 is 0 Å². The van der Waals surface area contributed by atoms with Gasteiger partial charge in [-0.15, -0.1) is 0 Å². The van der Waals surface area contributed by atoms with E-state index in [0.29, 0.717) is 24.2 Å². The van der Waals surface area contributed by atoms with E-state index >= 15 is 0 Å². The largest absolute Gasteiger partial charge is 0.473 e. The van der Waals surface area contributed by atoms with Gasteiger partial charge in [-0.3, -0.25) is 4.79 Å². The number of aliphatic hydroxyl groups is 1. The summed E-state index contributed by atoms with van der Waals surface area (Å²) >= 11 is 0. The highest BCUT2D eigenvalue weighted by molar-refractivity contribution is 6.27. The van der Waals surface area contributed by atoms with Gasteiger partial charge in [-0.1, -0.05) is 25.9 Å². The average Bonchev–Trinajstić information content (AvgIpc) is 2.79. The number of nitrogens with zero attached hydrogens (tertiary/aromatic N) is 2. The third-order valence-corrected chi connectivity index (χ3v) is 9.05. The van der Waals surface area contributed by atoms with Crippen LogP contribution < -0.4 is 0 Å². The number of likely N-dealkylation sites (N-methyl/N-ethyl adjacent to an activating group) is 1. The zero-order chi connectivity index (χ0) is 26.4. The third-order valence-electron chi connectivity index (χ3n) is 9.05. The van der Waals surface area contributed by atoms with E-state index < -0.39 is 11.9 Å². The first-order valence-corrected chi connectivity index (χ1v) is 12.8. The molecule has 0 aromatic carbocycles. The quantitative estimate of drug-likeness (QED) is 0.211. The maximum atomic E-state index is 13.7. The predicted octanol–water partition coefficient (Wildman–Crippen LogP) is 3.29. The van der Waals surface area contributed by atoms with E-state index in [1.165, 1.54) is 0 Å².